The summed E-state index contributed by atoms with van der Waals surface area (Å²) < 4.78 is 11.1. The molecule has 1 fully saturated rings. The van der Waals surface area contributed by atoms with E-state index < -0.39 is 5.60 Å². The molecule has 3 aliphatic heterocycles. The van der Waals surface area contributed by atoms with Crippen molar-refractivity contribution in [2.45, 2.75) is 62.7 Å². The summed E-state index contributed by atoms with van der Waals surface area (Å²) in [5, 5.41) is 10.1. The van der Waals surface area contributed by atoms with Crippen molar-refractivity contribution >= 4 is 23.5 Å². The van der Waals surface area contributed by atoms with E-state index in [0.717, 1.165) is 54.1 Å². The molecule has 3 aliphatic rings. The molecule has 0 radical (unpaired) electrons. The molecule has 0 spiro atoms. The van der Waals surface area contributed by atoms with E-state index in [0.29, 0.717) is 12.6 Å². The molecule has 2 atom stereocenters. The van der Waals surface area contributed by atoms with Gasteiger partial charge in [0.15, 0.2) is 0 Å². The van der Waals surface area contributed by atoms with Gasteiger partial charge in [-0.3, -0.25) is 0 Å². The number of hydrogen-bond acceptors (Lipinski definition) is 6. The molecule has 0 aromatic heterocycles. The summed E-state index contributed by atoms with van der Waals surface area (Å²) in [6.07, 6.45) is 1.88. The van der Waals surface area contributed by atoms with Crippen molar-refractivity contribution in [2.75, 3.05) is 37.4 Å². The van der Waals surface area contributed by atoms with Crippen LogP contribution in [0.15, 0.2) is 35.2 Å². The Kier molecular flexibility index (Phi) is 6.19. The Morgan fingerprint density at radius 2 is 2.03 bits per heavy atom. The molecule has 7 heteroatoms. The second-order valence-corrected chi connectivity index (χ2v) is 11.5. The van der Waals surface area contributed by atoms with Crippen LogP contribution in [0.5, 0.6) is 5.75 Å². The highest BCUT2D eigenvalue weighted by Crippen LogP contribution is 2.52. The average Bonchev–Trinajstić information content (AvgIpc) is 2.96. The first-order chi connectivity index (χ1) is 16.3. The third kappa shape index (κ3) is 4.24. The standard InChI is InChI=1S/C27H34N2O4S/c1-27(2,3)33-26(31)28-10-8-23-22(15-28)21-13-17(14-24-25(21)29(23)9-5-11-34-24)20-7-6-19(32-4)12-18(20)16-30/h6-7,12-14,22-23,30H,5,8-11,15-16H2,1-4H3/t22-,23-/m0/s1. The van der Waals surface area contributed by atoms with Gasteiger partial charge in [-0.1, -0.05) is 6.07 Å². The number of aliphatic hydroxyl groups is 1. The molecule has 34 heavy (non-hydrogen) atoms. The monoisotopic (exact) mass is 482 g/mol. The van der Waals surface area contributed by atoms with Crippen LogP contribution in [0.1, 0.15) is 50.7 Å². The average molecular weight is 483 g/mol. The van der Waals surface area contributed by atoms with Crippen LogP contribution in [-0.2, 0) is 11.3 Å². The van der Waals surface area contributed by atoms with Crippen molar-refractivity contribution in [2.24, 2.45) is 0 Å². The van der Waals surface area contributed by atoms with Crippen molar-refractivity contribution < 1.29 is 19.4 Å². The summed E-state index contributed by atoms with van der Waals surface area (Å²) in [5.74, 6) is 2.10. The lowest BCUT2D eigenvalue weighted by Gasteiger charge is -2.39. The minimum Gasteiger partial charge on any atom is -0.497 e. The highest BCUT2D eigenvalue weighted by Gasteiger charge is 2.45. The number of aliphatic hydroxyl groups excluding tert-OH is 1. The number of fused-ring (bicyclic) bond motifs is 3. The minimum absolute atomic E-state index is 0.0449. The summed E-state index contributed by atoms with van der Waals surface area (Å²) in [5.41, 5.74) is 5.18. The highest BCUT2D eigenvalue weighted by atomic mass is 32.2. The lowest BCUT2D eigenvalue weighted by Crippen LogP contribution is -2.49. The van der Waals surface area contributed by atoms with Gasteiger partial charge in [0.1, 0.15) is 11.4 Å². The van der Waals surface area contributed by atoms with Gasteiger partial charge in [-0.15, -0.1) is 11.8 Å². The Morgan fingerprint density at radius 3 is 2.76 bits per heavy atom. The van der Waals surface area contributed by atoms with Crippen molar-refractivity contribution in [3.05, 3.63) is 41.5 Å². The molecule has 0 unspecified atom stereocenters. The van der Waals surface area contributed by atoms with E-state index in [9.17, 15) is 9.90 Å². The van der Waals surface area contributed by atoms with Crippen LogP contribution in [0.25, 0.3) is 11.1 Å². The molecule has 5 rings (SSSR count). The van der Waals surface area contributed by atoms with Gasteiger partial charge >= 0.3 is 6.09 Å². The maximum Gasteiger partial charge on any atom is 0.410 e. The first-order valence-electron chi connectivity index (χ1n) is 12.1. The predicted molar refractivity (Wildman–Crippen MR) is 136 cm³/mol. The third-order valence-corrected chi connectivity index (χ3v) is 8.13. The minimum atomic E-state index is -0.500. The number of carbonyl (C=O) groups excluding carboxylic acids is 1. The SMILES string of the molecule is COc1ccc(-c2cc3c4c(c2)[C@@H]2CN(C(=O)OC(C)(C)C)CC[C@@H]2N4CCCS3)c(CO)c1. The van der Waals surface area contributed by atoms with Crippen LogP contribution in [-0.4, -0.2) is 60.2 Å². The molecule has 2 aromatic carbocycles. The van der Waals surface area contributed by atoms with E-state index in [1.165, 1.54) is 16.1 Å². The van der Waals surface area contributed by atoms with Crippen LogP contribution in [0.3, 0.4) is 0 Å². The Morgan fingerprint density at radius 1 is 1.21 bits per heavy atom. The molecule has 0 saturated carbocycles. The van der Waals surface area contributed by atoms with Crippen molar-refractivity contribution in [3.63, 3.8) is 0 Å². The van der Waals surface area contributed by atoms with Gasteiger partial charge in [-0.2, -0.15) is 0 Å². The number of likely N-dealkylation sites (tertiary alicyclic amines) is 1. The Balaban J connectivity index is 1.55. The number of rotatable bonds is 3. The zero-order chi connectivity index (χ0) is 24.0. The number of thioether (sulfide) groups is 1. The lowest BCUT2D eigenvalue weighted by atomic mass is 9.87. The molecule has 0 bridgehead atoms. The second kappa shape index (κ2) is 9.00. The number of amides is 1. The molecule has 3 heterocycles. The first-order valence-corrected chi connectivity index (χ1v) is 13.1. The van der Waals surface area contributed by atoms with Crippen LogP contribution < -0.4 is 9.64 Å². The molecule has 1 saturated heterocycles. The van der Waals surface area contributed by atoms with E-state index in [1.807, 2.05) is 55.6 Å². The summed E-state index contributed by atoms with van der Waals surface area (Å²) >= 11 is 1.92. The van der Waals surface area contributed by atoms with Gasteiger partial charge in [0, 0.05) is 36.5 Å². The summed E-state index contributed by atoms with van der Waals surface area (Å²) in [6, 6.07) is 10.9. The summed E-state index contributed by atoms with van der Waals surface area (Å²) in [7, 11) is 1.64. The van der Waals surface area contributed by atoms with Crippen LogP contribution in [0.4, 0.5) is 10.5 Å². The summed E-state index contributed by atoms with van der Waals surface area (Å²) in [6.45, 7) is 8.16. The maximum atomic E-state index is 12.9. The molecule has 1 N–H and O–H groups in total. The zero-order valence-electron chi connectivity index (χ0n) is 20.5. The van der Waals surface area contributed by atoms with Crippen LogP contribution in [0, 0.1) is 0 Å². The van der Waals surface area contributed by atoms with Crippen molar-refractivity contribution in [1.82, 2.24) is 4.90 Å². The zero-order valence-corrected chi connectivity index (χ0v) is 21.3. The van der Waals surface area contributed by atoms with E-state index in [1.54, 1.807) is 7.11 Å². The van der Waals surface area contributed by atoms with Gasteiger partial charge in [-0.05, 0) is 85.9 Å². The first kappa shape index (κ1) is 23.4. The Labute approximate surface area is 206 Å². The number of methoxy groups -OCH3 is 1. The normalized spacial score (nSPS) is 21.6. The van der Waals surface area contributed by atoms with E-state index >= 15 is 0 Å². The molecule has 182 valence electrons. The van der Waals surface area contributed by atoms with Gasteiger partial charge in [0.05, 0.1) is 19.4 Å². The molecule has 1 amide bonds. The largest absolute Gasteiger partial charge is 0.497 e. The molecule has 0 aliphatic carbocycles. The molecule has 2 aromatic rings. The number of anilines is 1. The third-order valence-electron chi connectivity index (χ3n) is 7.01. The fourth-order valence-corrected chi connectivity index (χ4v) is 6.64. The van der Waals surface area contributed by atoms with E-state index in [2.05, 4.69) is 17.0 Å². The topological polar surface area (TPSA) is 62.2 Å². The second-order valence-electron chi connectivity index (χ2n) is 10.4. The fraction of sp³-hybridized carbons (Fsp3) is 0.519. The van der Waals surface area contributed by atoms with Gasteiger partial charge in [-0.25, -0.2) is 4.79 Å². The van der Waals surface area contributed by atoms with E-state index in [-0.39, 0.29) is 18.6 Å². The van der Waals surface area contributed by atoms with Gasteiger partial charge in [0.25, 0.3) is 0 Å². The number of hydrogen-bond donors (Lipinski definition) is 1. The highest BCUT2D eigenvalue weighted by molar-refractivity contribution is 7.99. The number of benzene rings is 2. The molecular weight excluding hydrogens is 448 g/mol. The van der Waals surface area contributed by atoms with Gasteiger partial charge in [0.2, 0.25) is 0 Å². The lowest BCUT2D eigenvalue weighted by molar-refractivity contribution is 0.0189. The van der Waals surface area contributed by atoms with Crippen LogP contribution in [0.2, 0.25) is 0 Å². The number of piperidine rings is 1. The maximum absolute atomic E-state index is 12.9. The summed E-state index contributed by atoms with van der Waals surface area (Å²) in [4.78, 5) is 18.7. The number of carbonyl (C=O) groups is 1. The quantitative estimate of drug-likeness (QED) is 0.644. The fourth-order valence-electron chi connectivity index (χ4n) is 5.57. The Hall–Kier alpha value is -2.38. The van der Waals surface area contributed by atoms with E-state index in [4.69, 9.17) is 9.47 Å². The van der Waals surface area contributed by atoms with Crippen molar-refractivity contribution in [3.8, 4) is 16.9 Å². The number of ether oxygens (including phenoxy) is 2. The van der Waals surface area contributed by atoms with Crippen LogP contribution >= 0.6 is 11.8 Å². The predicted octanol–water partition coefficient (Wildman–Crippen LogP) is 5.26. The smallest absolute Gasteiger partial charge is 0.410 e. The Bertz CT molecular complexity index is 1100. The molecule has 6 nitrogen and oxygen atoms in total. The molecular formula is C27H34N2O4S. The number of nitrogens with zero attached hydrogens (tertiary/aromatic N) is 2. The van der Waals surface area contributed by atoms with Gasteiger partial charge < -0.3 is 24.4 Å². The van der Waals surface area contributed by atoms with Crippen molar-refractivity contribution in [1.29, 1.82) is 0 Å².